The molecule has 2 aromatic carbocycles. The average Bonchev–Trinajstić information content (AvgIpc) is 2.82. The molecule has 0 spiro atoms. The van der Waals surface area contributed by atoms with Gasteiger partial charge < -0.3 is 14.5 Å². The van der Waals surface area contributed by atoms with Crippen LogP contribution in [0.15, 0.2) is 61.2 Å². The van der Waals surface area contributed by atoms with Gasteiger partial charge >= 0.3 is 0 Å². The molecule has 0 fully saturated rings. The van der Waals surface area contributed by atoms with Crippen LogP contribution in [0, 0.1) is 5.92 Å². The Kier molecular flexibility index (Phi) is 8.30. The number of hydrogen-bond acceptors (Lipinski definition) is 3. The number of rotatable bonds is 7. The van der Waals surface area contributed by atoms with E-state index in [4.69, 9.17) is 4.74 Å². The quantitative estimate of drug-likeness (QED) is 0.623. The first-order valence-electron chi connectivity index (χ1n) is 9.84. The number of methoxy groups -OCH3 is 1. The lowest BCUT2D eigenvalue weighted by Crippen LogP contribution is -2.41. The molecule has 1 aliphatic heterocycles. The summed E-state index contributed by atoms with van der Waals surface area (Å²) in [5.41, 5.74) is 3.44. The lowest BCUT2D eigenvalue weighted by Gasteiger charge is -2.29. The van der Waals surface area contributed by atoms with Crippen molar-refractivity contribution in [3.63, 3.8) is 0 Å². The molecule has 0 bridgehead atoms. The third kappa shape index (κ3) is 5.20. The van der Waals surface area contributed by atoms with E-state index in [-0.39, 0.29) is 30.2 Å². The van der Waals surface area contributed by atoms with Gasteiger partial charge in [0.25, 0.3) is 0 Å². The molecule has 2 aromatic rings. The maximum atomic E-state index is 13.7. The van der Waals surface area contributed by atoms with Gasteiger partial charge in [-0.25, -0.2) is 0 Å². The second-order valence-corrected chi connectivity index (χ2v) is 7.64. The summed E-state index contributed by atoms with van der Waals surface area (Å²) in [6.45, 7) is 5.44. The lowest BCUT2D eigenvalue weighted by atomic mass is 9.80. The Morgan fingerprint density at radius 3 is 2.48 bits per heavy atom. The Bertz CT molecular complexity index is 820. The van der Waals surface area contributed by atoms with Crippen molar-refractivity contribution in [3.8, 4) is 5.75 Å². The molecule has 3 rings (SSSR count). The third-order valence-electron chi connectivity index (χ3n) is 5.53. The van der Waals surface area contributed by atoms with E-state index in [0.717, 1.165) is 24.4 Å². The highest BCUT2D eigenvalue weighted by Gasteiger charge is 2.36. The highest BCUT2D eigenvalue weighted by Crippen LogP contribution is 2.39. The Morgan fingerprint density at radius 2 is 1.86 bits per heavy atom. The highest BCUT2D eigenvalue weighted by molar-refractivity contribution is 5.97. The van der Waals surface area contributed by atoms with Crippen LogP contribution in [0.4, 0.5) is 5.69 Å². The molecule has 0 aliphatic carbocycles. The summed E-state index contributed by atoms with van der Waals surface area (Å²) in [7, 11) is 5.74. The van der Waals surface area contributed by atoms with Crippen molar-refractivity contribution in [2.75, 3.05) is 39.2 Å². The number of halogens is 1. The van der Waals surface area contributed by atoms with Crippen molar-refractivity contribution in [3.05, 3.63) is 72.3 Å². The summed E-state index contributed by atoms with van der Waals surface area (Å²) in [5, 5.41) is 0. The maximum Gasteiger partial charge on any atom is 0.231 e. The summed E-state index contributed by atoms with van der Waals surface area (Å²) >= 11 is 0. The van der Waals surface area contributed by atoms with E-state index in [1.807, 2.05) is 43.3 Å². The molecule has 0 N–H and O–H groups in total. The number of carbonyl (C=O) groups is 1. The third-order valence-corrected chi connectivity index (χ3v) is 5.53. The first-order valence-corrected chi connectivity index (χ1v) is 9.84. The normalized spacial score (nSPS) is 18.6. The van der Waals surface area contributed by atoms with Gasteiger partial charge in [-0.15, -0.1) is 19.0 Å². The van der Waals surface area contributed by atoms with Gasteiger partial charge in [-0.3, -0.25) is 4.79 Å². The zero-order chi connectivity index (χ0) is 20.1. The minimum atomic E-state index is -0.125. The number of benzene rings is 2. The highest BCUT2D eigenvalue weighted by atomic mass is 35.5. The predicted octanol–water partition coefficient (Wildman–Crippen LogP) is 4.54. The van der Waals surface area contributed by atoms with Gasteiger partial charge in [-0.1, -0.05) is 36.4 Å². The topological polar surface area (TPSA) is 32.8 Å². The summed E-state index contributed by atoms with van der Waals surface area (Å²) in [6, 6.07) is 16.4. The largest absolute Gasteiger partial charge is 0.497 e. The molecule has 0 unspecified atom stereocenters. The average molecular weight is 415 g/mol. The molecule has 156 valence electrons. The SMILES string of the molecule is C=CC[C@@H]1C(=O)N(CCN(C)C)c2ccccc2C[C@@H]1c1ccc(OC)cc1.Cl. The van der Waals surface area contributed by atoms with Crippen molar-refractivity contribution in [2.45, 2.75) is 18.8 Å². The van der Waals surface area contributed by atoms with E-state index in [2.05, 4.69) is 41.8 Å². The van der Waals surface area contributed by atoms with Gasteiger partial charge in [0.15, 0.2) is 0 Å². The number of amides is 1. The van der Waals surface area contributed by atoms with Gasteiger partial charge in [-0.05, 0) is 62.2 Å². The number of allylic oxidation sites excluding steroid dienone is 1. The number of hydrogen-bond donors (Lipinski definition) is 0. The van der Waals surface area contributed by atoms with Gasteiger partial charge in [0, 0.05) is 24.7 Å². The predicted molar refractivity (Wildman–Crippen MR) is 122 cm³/mol. The number of anilines is 1. The molecule has 29 heavy (non-hydrogen) atoms. The van der Waals surface area contributed by atoms with Crippen LogP contribution in [0.3, 0.4) is 0 Å². The molecule has 2 atom stereocenters. The van der Waals surface area contributed by atoms with Crippen LogP contribution < -0.4 is 9.64 Å². The fourth-order valence-corrected chi connectivity index (χ4v) is 3.99. The molecular weight excluding hydrogens is 384 g/mol. The van der Waals surface area contributed by atoms with E-state index in [9.17, 15) is 4.79 Å². The summed E-state index contributed by atoms with van der Waals surface area (Å²) in [6.07, 6.45) is 3.38. The first-order chi connectivity index (χ1) is 13.5. The number of likely N-dealkylation sites (N-methyl/N-ethyl adjacent to an activating group) is 1. The summed E-state index contributed by atoms with van der Waals surface area (Å²) in [5.74, 6) is 1.01. The van der Waals surface area contributed by atoms with Crippen molar-refractivity contribution in [1.29, 1.82) is 0 Å². The molecule has 0 aromatic heterocycles. The molecule has 1 aliphatic rings. The standard InChI is InChI=1S/C24H30N2O2.ClH/c1-5-8-21-22(18-11-13-20(28-4)14-12-18)17-19-9-6-7-10-23(19)26(24(21)27)16-15-25(2)3;/h5-7,9-14,21-22H,1,8,15-17H2,2-4H3;1H/t21-,22+;/m0./s1. The van der Waals surface area contributed by atoms with Crippen LogP contribution in [0.1, 0.15) is 23.5 Å². The summed E-state index contributed by atoms with van der Waals surface area (Å²) < 4.78 is 5.31. The van der Waals surface area contributed by atoms with Gasteiger partial charge in [0.2, 0.25) is 5.91 Å². The minimum Gasteiger partial charge on any atom is -0.497 e. The number of nitrogens with zero attached hydrogens (tertiary/aromatic N) is 2. The van der Waals surface area contributed by atoms with Gasteiger partial charge in [-0.2, -0.15) is 0 Å². The number of carbonyl (C=O) groups excluding carboxylic acids is 1. The van der Waals surface area contributed by atoms with Gasteiger partial charge in [0.1, 0.15) is 5.75 Å². The van der Waals surface area contributed by atoms with Crippen molar-refractivity contribution in [1.82, 2.24) is 4.90 Å². The molecule has 0 saturated heterocycles. The van der Waals surface area contributed by atoms with Crippen LogP contribution in [-0.4, -0.2) is 45.1 Å². The van der Waals surface area contributed by atoms with E-state index in [1.54, 1.807) is 7.11 Å². The Morgan fingerprint density at radius 1 is 1.17 bits per heavy atom. The van der Waals surface area contributed by atoms with Crippen molar-refractivity contribution < 1.29 is 9.53 Å². The van der Waals surface area contributed by atoms with Crippen LogP contribution in [0.2, 0.25) is 0 Å². The molecule has 0 saturated carbocycles. The van der Waals surface area contributed by atoms with Crippen LogP contribution >= 0.6 is 12.4 Å². The maximum absolute atomic E-state index is 13.7. The molecular formula is C24H31ClN2O2. The monoisotopic (exact) mass is 414 g/mol. The molecule has 0 radical (unpaired) electrons. The zero-order valence-corrected chi connectivity index (χ0v) is 18.3. The molecule has 4 nitrogen and oxygen atoms in total. The number of para-hydroxylation sites is 1. The van der Waals surface area contributed by atoms with Crippen molar-refractivity contribution >= 4 is 24.0 Å². The van der Waals surface area contributed by atoms with E-state index in [1.165, 1.54) is 11.1 Å². The fraction of sp³-hybridized carbons (Fsp3) is 0.375. The smallest absolute Gasteiger partial charge is 0.231 e. The second kappa shape index (κ2) is 10.5. The second-order valence-electron chi connectivity index (χ2n) is 7.64. The van der Waals surface area contributed by atoms with E-state index in [0.29, 0.717) is 13.0 Å². The van der Waals surface area contributed by atoms with Crippen LogP contribution in [-0.2, 0) is 11.2 Å². The molecule has 1 heterocycles. The molecule has 1 amide bonds. The summed E-state index contributed by atoms with van der Waals surface area (Å²) in [4.78, 5) is 17.7. The molecule has 5 heteroatoms. The van der Waals surface area contributed by atoms with Gasteiger partial charge in [0.05, 0.1) is 7.11 Å². The zero-order valence-electron chi connectivity index (χ0n) is 17.5. The van der Waals surface area contributed by atoms with E-state index < -0.39 is 0 Å². The fourth-order valence-electron chi connectivity index (χ4n) is 3.99. The first kappa shape index (κ1) is 23.0. The number of fused-ring (bicyclic) bond motifs is 1. The van der Waals surface area contributed by atoms with E-state index >= 15 is 0 Å². The van der Waals surface area contributed by atoms with Crippen LogP contribution in [0.25, 0.3) is 0 Å². The number of ether oxygens (including phenoxy) is 1. The Balaban J connectivity index is 0.00000300. The lowest BCUT2D eigenvalue weighted by molar-refractivity contribution is -0.122. The van der Waals surface area contributed by atoms with Crippen molar-refractivity contribution in [2.24, 2.45) is 5.92 Å². The van der Waals surface area contributed by atoms with Crippen LogP contribution in [0.5, 0.6) is 5.75 Å². The minimum absolute atomic E-state index is 0. The Hall–Kier alpha value is -2.30. The Labute approximate surface area is 180 Å².